The minimum absolute atomic E-state index is 0.526. The zero-order valence-electron chi connectivity index (χ0n) is 7.12. The Morgan fingerprint density at radius 1 is 1.50 bits per heavy atom. The van der Waals surface area contributed by atoms with Crippen molar-refractivity contribution in [2.45, 2.75) is 6.92 Å². The molecule has 0 amide bonds. The first-order valence-electron chi connectivity index (χ1n) is 3.79. The van der Waals surface area contributed by atoms with Crippen LogP contribution in [0.15, 0.2) is 24.8 Å². The van der Waals surface area contributed by atoms with Gasteiger partial charge in [0.15, 0.2) is 0 Å². The molecule has 0 aliphatic carbocycles. The molecule has 0 radical (unpaired) electrons. The molecule has 62 valence electrons. The Morgan fingerprint density at radius 2 is 2.25 bits per heavy atom. The SMILES string of the molecule is C=Cc1nc(N)ccc1/C=C\C. The van der Waals surface area contributed by atoms with E-state index >= 15 is 0 Å². The Kier molecular flexibility index (Phi) is 2.64. The molecule has 0 saturated carbocycles. The number of aromatic nitrogens is 1. The maximum Gasteiger partial charge on any atom is 0.124 e. The molecule has 0 aliphatic heterocycles. The fourth-order valence-corrected chi connectivity index (χ4v) is 0.985. The lowest BCUT2D eigenvalue weighted by atomic mass is 10.2. The Hall–Kier alpha value is -1.57. The Morgan fingerprint density at radius 3 is 2.83 bits per heavy atom. The van der Waals surface area contributed by atoms with Crippen LogP contribution in [0.2, 0.25) is 0 Å². The molecule has 1 aromatic heterocycles. The van der Waals surface area contributed by atoms with Gasteiger partial charge in [-0.05, 0) is 30.7 Å². The molecule has 0 unspecified atom stereocenters. The molecule has 0 aliphatic rings. The van der Waals surface area contributed by atoms with Crippen LogP contribution in [0.3, 0.4) is 0 Å². The van der Waals surface area contributed by atoms with Gasteiger partial charge in [0, 0.05) is 0 Å². The molecule has 1 aromatic rings. The van der Waals surface area contributed by atoms with E-state index in [1.165, 1.54) is 0 Å². The van der Waals surface area contributed by atoms with Gasteiger partial charge in [0.2, 0.25) is 0 Å². The highest BCUT2D eigenvalue weighted by molar-refractivity contribution is 5.62. The van der Waals surface area contributed by atoms with Crippen molar-refractivity contribution in [3.8, 4) is 0 Å². The summed E-state index contributed by atoms with van der Waals surface area (Å²) in [7, 11) is 0. The molecule has 0 spiro atoms. The number of nitrogen functional groups attached to an aromatic ring is 1. The summed E-state index contributed by atoms with van der Waals surface area (Å²) in [6.07, 6.45) is 5.63. The van der Waals surface area contributed by atoms with Gasteiger partial charge in [0.1, 0.15) is 5.82 Å². The lowest BCUT2D eigenvalue weighted by molar-refractivity contribution is 1.29. The van der Waals surface area contributed by atoms with E-state index in [0.717, 1.165) is 11.3 Å². The summed E-state index contributed by atoms with van der Waals surface area (Å²) in [6.45, 7) is 5.62. The lowest BCUT2D eigenvalue weighted by Crippen LogP contribution is -1.93. The van der Waals surface area contributed by atoms with Gasteiger partial charge in [-0.3, -0.25) is 0 Å². The van der Waals surface area contributed by atoms with E-state index in [1.807, 2.05) is 25.1 Å². The highest BCUT2D eigenvalue weighted by Gasteiger charge is 1.96. The summed E-state index contributed by atoms with van der Waals surface area (Å²) < 4.78 is 0. The third-order valence-corrected chi connectivity index (χ3v) is 1.52. The van der Waals surface area contributed by atoms with Gasteiger partial charge in [0.05, 0.1) is 5.69 Å². The normalized spacial score (nSPS) is 10.4. The molecule has 0 atom stereocenters. The number of nitrogens with two attached hydrogens (primary N) is 1. The van der Waals surface area contributed by atoms with Crippen LogP contribution in [0.4, 0.5) is 5.82 Å². The molecule has 0 aromatic carbocycles. The van der Waals surface area contributed by atoms with E-state index in [1.54, 1.807) is 12.1 Å². The highest BCUT2D eigenvalue weighted by atomic mass is 14.8. The van der Waals surface area contributed by atoms with Gasteiger partial charge in [-0.1, -0.05) is 18.7 Å². The van der Waals surface area contributed by atoms with Gasteiger partial charge >= 0.3 is 0 Å². The third kappa shape index (κ3) is 1.72. The summed E-state index contributed by atoms with van der Waals surface area (Å²) >= 11 is 0. The maximum atomic E-state index is 5.52. The molecule has 0 fully saturated rings. The van der Waals surface area contributed by atoms with E-state index in [0.29, 0.717) is 5.82 Å². The van der Waals surface area contributed by atoms with E-state index in [-0.39, 0.29) is 0 Å². The van der Waals surface area contributed by atoms with Crippen molar-refractivity contribution in [3.05, 3.63) is 36.0 Å². The summed E-state index contributed by atoms with van der Waals surface area (Å²) in [5.41, 5.74) is 7.39. The van der Waals surface area contributed by atoms with E-state index in [9.17, 15) is 0 Å². The molecule has 2 nitrogen and oxygen atoms in total. The standard InChI is InChI=1S/C10H12N2/c1-3-5-8-6-7-10(11)12-9(8)4-2/h3-7H,2H2,1H3,(H2,11,12)/b5-3-. The first-order valence-corrected chi connectivity index (χ1v) is 3.79. The van der Waals surface area contributed by atoms with Gasteiger partial charge in [-0.25, -0.2) is 4.98 Å². The topological polar surface area (TPSA) is 38.9 Å². The van der Waals surface area contributed by atoms with Crippen molar-refractivity contribution in [1.82, 2.24) is 4.98 Å². The van der Waals surface area contributed by atoms with Crippen LogP contribution < -0.4 is 5.73 Å². The van der Waals surface area contributed by atoms with Crippen LogP contribution in [0, 0.1) is 0 Å². The van der Waals surface area contributed by atoms with Gasteiger partial charge in [-0.15, -0.1) is 0 Å². The zero-order valence-corrected chi connectivity index (χ0v) is 7.12. The highest BCUT2D eigenvalue weighted by Crippen LogP contribution is 2.11. The van der Waals surface area contributed by atoms with Crippen molar-refractivity contribution in [2.24, 2.45) is 0 Å². The number of allylic oxidation sites excluding steroid dienone is 1. The molecule has 1 rings (SSSR count). The maximum absolute atomic E-state index is 5.52. The first-order chi connectivity index (χ1) is 5.77. The molecule has 12 heavy (non-hydrogen) atoms. The second kappa shape index (κ2) is 3.72. The number of anilines is 1. The summed E-state index contributed by atoms with van der Waals surface area (Å²) in [5, 5.41) is 0. The predicted octanol–water partition coefficient (Wildman–Crippen LogP) is 2.34. The molecule has 2 N–H and O–H groups in total. The van der Waals surface area contributed by atoms with Gasteiger partial charge in [0.25, 0.3) is 0 Å². The smallest absolute Gasteiger partial charge is 0.124 e. The number of hydrogen-bond donors (Lipinski definition) is 1. The minimum atomic E-state index is 0.526. The van der Waals surface area contributed by atoms with Crippen LogP contribution in [-0.2, 0) is 0 Å². The summed E-state index contributed by atoms with van der Waals surface area (Å²) in [4.78, 5) is 4.12. The van der Waals surface area contributed by atoms with Gasteiger partial charge < -0.3 is 5.73 Å². The van der Waals surface area contributed by atoms with E-state index in [2.05, 4.69) is 11.6 Å². The second-order valence-electron chi connectivity index (χ2n) is 2.41. The van der Waals surface area contributed by atoms with E-state index < -0.39 is 0 Å². The van der Waals surface area contributed by atoms with Crippen LogP contribution in [0.1, 0.15) is 18.2 Å². The summed E-state index contributed by atoms with van der Waals surface area (Å²) in [6, 6.07) is 3.71. The Bertz CT molecular complexity index is 314. The Balaban J connectivity index is 3.19. The lowest BCUT2D eigenvalue weighted by Gasteiger charge is -2.00. The van der Waals surface area contributed by atoms with Crippen molar-refractivity contribution < 1.29 is 0 Å². The average Bonchev–Trinajstić information content (AvgIpc) is 2.08. The van der Waals surface area contributed by atoms with Crippen molar-refractivity contribution >= 4 is 18.0 Å². The first kappa shape index (κ1) is 8.53. The van der Waals surface area contributed by atoms with Crippen LogP contribution in [-0.4, -0.2) is 4.98 Å². The Labute approximate surface area is 72.4 Å². The molecule has 2 heteroatoms. The fourth-order valence-electron chi connectivity index (χ4n) is 0.985. The average molecular weight is 160 g/mol. The summed E-state index contributed by atoms with van der Waals surface area (Å²) in [5.74, 6) is 0.526. The zero-order chi connectivity index (χ0) is 8.97. The van der Waals surface area contributed by atoms with Crippen LogP contribution >= 0.6 is 0 Å². The van der Waals surface area contributed by atoms with E-state index in [4.69, 9.17) is 5.73 Å². The molecular formula is C10H12N2. The third-order valence-electron chi connectivity index (χ3n) is 1.52. The molecular weight excluding hydrogens is 148 g/mol. The largest absolute Gasteiger partial charge is 0.384 e. The molecule has 1 heterocycles. The van der Waals surface area contributed by atoms with Crippen molar-refractivity contribution in [2.75, 3.05) is 5.73 Å². The monoisotopic (exact) mass is 160 g/mol. The van der Waals surface area contributed by atoms with Crippen LogP contribution in [0.25, 0.3) is 12.2 Å². The van der Waals surface area contributed by atoms with Crippen molar-refractivity contribution in [1.29, 1.82) is 0 Å². The number of hydrogen-bond acceptors (Lipinski definition) is 2. The number of rotatable bonds is 2. The molecule has 0 bridgehead atoms. The van der Waals surface area contributed by atoms with Crippen LogP contribution in [0.5, 0.6) is 0 Å². The second-order valence-corrected chi connectivity index (χ2v) is 2.41. The minimum Gasteiger partial charge on any atom is -0.384 e. The van der Waals surface area contributed by atoms with Gasteiger partial charge in [-0.2, -0.15) is 0 Å². The number of pyridine rings is 1. The fraction of sp³-hybridized carbons (Fsp3) is 0.100. The molecule has 0 saturated heterocycles. The number of nitrogens with zero attached hydrogens (tertiary/aromatic N) is 1. The quantitative estimate of drug-likeness (QED) is 0.721. The van der Waals surface area contributed by atoms with Crippen molar-refractivity contribution in [3.63, 3.8) is 0 Å². The predicted molar refractivity (Wildman–Crippen MR) is 53.4 cm³/mol.